The van der Waals surface area contributed by atoms with Gasteiger partial charge in [-0.1, -0.05) is 60.7 Å². The Morgan fingerprint density at radius 1 is 0.524 bits per heavy atom. The van der Waals surface area contributed by atoms with Gasteiger partial charge in [-0.3, -0.25) is 9.59 Å². The molecule has 2 heterocycles. The maximum Gasteiger partial charge on any atom is 0.282 e. The van der Waals surface area contributed by atoms with Crippen LogP contribution in [0.15, 0.2) is 143 Å². The monoisotopic (exact) mass is 552 g/mol. The van der Waals surface area contributed by atoms with Crippen LogP contribution in [0.5, 0.6) is 0 Å². The van der Waals surface area contributed by atoms with Crippen molar-refractivity contribution in [3.8, 4) is 11.1 Å². The topological polar surface area (TPSA) is 89.4 Å². The number of nitrogens with one attached hydrogen (secondary N) is 2. The number of carbonyl (C=O) groups excluding carboxylic acids is 2. The van der Waals surface area contributed by atoms with Gasteiger partial charge < -0.3 is 10.6 Å². The average Bonchev–Trinajstić information content (AvgIpc) is 3.48. The van der Waals surface area contributed by atoms with Gasteiger partial charge >= 0.3 is 0 Å². The Morgan fingerprint density at radius 3 is 1.24 bits per heavy atom. The minimum atomic E-state index is -0.166. The molecule has 42 heavy (non-hydrogen) atoms. The van der Waals surface area contributed by atoms with Crippen LogP contribution in [-0.4, -0.2) is 23.2 Å². The lowest BCUT2D eigenvalue weighted by Crippen LogP contribution is -2.21. The number of rotatable bonds is 7. The van der Waals surface area contributed by atoms with Gasteiger partial charge in [-0.15, -0.1) is 0 Å². The van der Waals surface area contributed by atoms with Crippen molar-refractivity contribution in [2.24, 2.45) is 10.2 Å². The van der Waals surface area contributed by atoms with E-state index in [-0.39, 0.29) is 11.8 Å². The molecule has 2 N–H and O–H groups in total. The molecule has 0 bridgehead atoms. The summed E-state index contributed by atoms with van der Waals surface area (Å²) in [6.45, 7) is 3.65. The van der Waals surface area contributed by atoms with E-state index in [1.807, 2.05) is 123 Å². The smallest absolute Gasteiger partial charge is 0.282 e. The Morgan fingerprint density at radius 2 is 0.881 bits per heavy atom. The molecule has 0 saturated carbocycles. The maximum atomic E-state index is 12.9. The molecule has 4 aromatic carbocycles. The van der Waals surface area contributed by atoms with E-state index in [0.29, 0.717) is 22.6 Å². The Kier molecular flexibility index (Phi) is 7.17. The van der Waals surface area contributed by atoms with Crippen LogP contribution in [0.3, 0.4) is 0 Å². The minimum Gasteiger partial charge on any atom is -0.361 e. The first-order valence-electron chi connectivity index (χ1n) is 13.5. The molecule has 0 atom stereocenters. The zero-order chi connectivity index (χ0) is 29.1. The van der Waals surface area contributed by atoms with E-state index in [1.54, 1.807) is 12.4 Å². The molecule has 4 aromatic rings. The predicted molar refractivity (Wildman–Crippen MR) is 169 cm³/mol. The van der Waals surface area contributed by atoms with Gasteiger partial charge in [-0.05, 0) is 73.5 Å². The van der Waals surface area contributed by atoms with Gasteiger partial charge in [-0.25, -0.2) is 0 Å². The van der Waals surface area contributed by atoms with E-state index in [1.165, 1.54) is 10.0 Å². The number of para-hydroxylation sites is 2. The van der Waals surface area contributed by atoms with Gasteiger partial charge in [0.05, 0.1) is 33.9 Å². The fourth-order valence-corrected chi connectivity index (χ4v) is 4.69. The van der Waals surface area contributed by atoms with Crippen molar-refractivity contribution in [2.75, 3.05) is 20.7 Å². The molecule has 0 unspecified atom stereocenters. The molecule has 6 rings (SSSR count). The fraction of sp³-hybridized carbons (Fsp3) is 0.0588. The van der Waals surface area contributed by atoms with E-state index < -0.39 is 0 Å². The second kappa shape index (κ2) is 11.4. The summed E-state index contributed by atoms with van der Waals surface area (Å²) in [6.07, 6.45) is 3.41. The van der Waals surface area contributed by atoms with Crippen molar-refractivity contribution in [2.45, 2.75) is 13.8 Å². The molecule has 8 heteroatoms. The van der Waals surface area contributed by atoms with Gasteiger partial charge in [-0.2, -0.15) is 20.2 Å². The van der Waals surface area contributed by atoms with Gasteiger partial charge in [0.2, 0.25) is 0 Å². The highest BCUT2D eigenvalue weighted by Gasteiger charge is 2.29. The normalized spacial score (nSPS) is 16.7. The summed E-state index contributed by atoms with van der Waals surface area (Å²) in [7, 11) is 0. The number of carbonyl (C=O) groups is 2. The van der Waals surface area contributed by atoms with Crippen LogP contribution in [0.25, 0.3) is 11.1 Å². The number of hydrogen-bond donors (Lipinski definition) is 2. The highest BCUT2D eigenvalue weighted by Crippen LogP contribution is 2.27. The van der Waals surface area contributed by atoms with Gasteiger partial charge in [0.1, 0.15) is 0 Å². The molecule has 0 radical (unpaired) electrons. The number of benzene rings is 4. The van der Waals surface area contributed by atoms with Crippen molar-refractivity contribution in [1.29, 1.82) is 0 Å². The van der Waals surface area contributed by atoms with Gasteiger partial charge in [0.25, 0.3) is 11.8 Å². The summed E-state index contributed by atoms with van der Waals surface area (Å²) in [6, 6.07) is 34.7. The number of hydrogen-bond acceptors (Lipinski definition) is 6. The zero-order valence-electron chi connectivity index (χ0n) is 23.2. The first-order valence-corrected chi connectivity index (χ1v) is 13.5. The lowest BCUT2D eigenvalue weighted by molar-refractivity contribution is -0.115. The van der Waals surface area contributed by atoms with Crippen LogP contribution in [0.1, 0.15) is 13.8 Å². The first-order chi connectivity index (χ1) is 20.5. The Hall–Kier alpha value is -5.76. The molecule has 2 aliphatic heterocycles. The molecule has 2 amide bonds. The van der Waals surface area contributed by atoms with Crippen LogP contribution in [0.4, 0.5) is 22.7 Å². The van der Waals surface area contributed by atoms with Crippen LogP contribution in [0, 0.1) is 0 Å². The van der Waals surface area contributed by atoms with Crippen molar-refractivity contribution in [3.63, 3.8) is 0 Å². The third-order valence-corrected chi connectivity index (χ3v) is 7.00. The lowest BCUT2D eigenvalue weighted by atomic mass is 10.0. The highest BCUT2D eigenvalue weighted by molar-refractivity contribution is 6.30. The third kappa shape index (κ3) is 5.33. The van der Waals surface area contributed by atoms with Crippen molar-refractivity contribution >= 4 is 46.0 Å². The highest BCUT2D eigenvalue weighted by atomic mass is 16.2. The maximum absolute atomic E-state index is 12.9. The molecule has 8 nitrogen and oxygen atoms in total. The average molecular weight is 553 g/mol. The summed E-state index contributed by atoms with van der Waals surface area (Å²) in [5.41, 5.74) is 7.65. The Balaban J connectivity index is 1.08. The van der Waals surface area contributed by atoms with Crippen molar-refractivity contribution in [1.82, 2.24) is 0 Å². The van der Waals surface area contributed by atoms with Crippen LogP contribution < -0.4 is 20.7 Å². The summed E-state index contributed by atoms with van der Waals surface area (Å²) in [5, 5.41) is 18.1. The van der Waals surface area contributed by atoms with E-state index in [2.05, 4.69) is 20.8 Å². The summed E-state index contributed by atoms with van der Waals surface area (Å²) in [4.78, 5) is 25.8. The molecule has 2 aliphatic rings. The Labute approximate surface area is 244 Å². The quantitative estimate of drug-likeness (QED) is 0.247. The largest absolute Gasteiger partial charge is 0.361 e. The van der Waals surface area contributed by atoms with Crippen LogP contribution in [-0.2, 0) is 9.59 Å². The van der Waals surface area contributed by atoms with E-state index in [0.717, 1.165) is 33.9 Å². The lowest BCUT2D eigenvalue weighted by Gasteiger charge is -2.11. The van der Waals surface area contributed by atoms with Gasteiger partial charge in [0.15, 0.2) is 0 Å². The minimum absolute atomic E-state index is 0.166. The Bertz CT molecular complexity index is 1620. The number of anilines is 4. The van der Waals surface area contributed by atoms with Gasteiger partial charge in [0, 0.05) is 23.8 Å². The third-order valence-electron chi connectivity index (χ3n) is 7.00. The molecule has 206 valence electrons. The number of nitrogens with zero attached hydrogens (tertiary/aromatic N) is 4. The molecule has 0 aromatic heterocycles. The summed E-state index contributed by atoms with van der Waals surface area (Å²) in [5.74, 6) is -0.333. The SMILES string of the molecule is CC1=NN(c2ccccc2)C(=O)/C1=C\Nc1ccc(-c2ccc(N/C=C3/C(=O)N(c4ccccc4)N=C3C)cc2)cc1. The summed E-state index contributed by atoms with van der Waals surface area (Å²) < 4.78 is 0. The van der Waals surface area contributed by atoms with Crippen LogP contribution >= 0.6 is 0 Å². The summed E-state index contributed by atoms with van der Waals surface area (Å²) >= 11 is 0. The van der Waals surface area contributed by atoms with E-state index in [9.17, 15) is 9.59 Å². The van der Waals surface area contributed by atoms with Crippen LogP contribution in [0.2, 0.25) is 0 Å². The molecule has 0 fully saturated rings. The van der Waals surface area contributed by atoms with E-state index >= 15 is 0 Å². The number of hydrazone groups is 2. The molecular formula is C34H28N6O2. The second-order valence-corrected chi connectivity index (χ2v) is 9.84. The molecule has 0 aliphatic carbocycles. The standard InChI is InChI=1S/C34H28N6O2/c1-23-31(33(41)39(37-23)29-9-5-3-6-10-29)21-35-27-17-13-25(14-18-27)26-15-19-28(20-16-26)36-22-32-24(2)38-40(34(32)42)30-11-7-4-8-12-30/h3-22,35-36H,1-2H3/b31-21-,32-22+. The number of amides is 2. The zero-order valence-corrected chi connectivity index (χ0v) is 23.2. The fourth-order valence-electron chi connectivity index (χ4n) is 4.69. The first kappa shape index (κ1) is 26.5. The van der Waals surface area contributed by atoms with Crippen molar-refractivity contribution < 1.29 is 9.59 Å². The molecule has 0 spiro atoms. The second-order valence-electron chi connectivity index (χ2n) is 9.84. The van der Waals surface area contributed by atoms with Crippen molar-refractivity contribution in [3.05, 3.63) is 133 Å². The predicted octanol–water partition coefficient (Wildman–Crippen LogP) is 6.79. The molecule has 0 saturated heterocycles. The van der Waals surface area contributed by atoms with E-state index in [4.69, 9.17) is 0 Å². The molecular weight excluding hydrogens is 524 g/mol.